The summed E-state index contributed by atoms with van der Waals surface area (Å²) >= 11 is 0. The van der Waals surface area contributed by atoms with Crippen LogP contribution >= 0.6 is 0 Å². The molecule has 8 nitrogen and oxygen atoms in total. The number of amides is 3. The molecule has 2 saturated heterocycles. The van der Waals surface area contributed by atoms with Gasteiger partial charge in [0, 0.05) is 49.1 Å². The van der Waals surface area contributed by atoms with Gasteiger partial charge in [-0.2, -0.15) is 0 Å². The van der Waals surface area contributed by atoms with E-state index in [4.69, 9.17) is 4.74 Å². The Bertz CT molecular complexity index is 1170. The van der Waals surface area contributed by atoms with E-state index in [0.717, 1.165) is 23.4 Å². The van der Waals surface area contributed by atoms with Crippen molar-refractivity contribution in [2.24, 2.45) is 5.41 Å². The third-order valence-electron chi connectivity index (χ3n) is 8.37. The second-order valence-electron chi connectivity index (χ2n) is 10.4. The number of halogens is 1. The summed E-state index contributed by atoms with van der Waals surface area (Å²) in [6, 6.07) is 11.4. The number of carbonyl (C=O) groups is 2. The summed E-state index contributed by atoms with van der Waals surface area (Å²) < 4.78 is 19.5. The highest BCUT2D eigenvalue weighted by atomic mass is 19.1. The molecule has 0 aliphatic carbocycles. The molecule has 3 amide bonds. The van der Waals surface area contributed by atoms with Gasteiger partial charge >= 0.3 is 6.03 Å². The molecule has 37 heavy (non-hydrogen) atoms. The first kappa shape index (κ1) is 25.3. The van der Waals surface area contributed by atoms with Gasteiger partial charge in [-0.05, 0) is 43.0 Å². The summed E-state index contributed by atoms with van der Waals surface area (Å²) in [7, 11) is 1.63. The number of aliphatic hydroxyl groups excluding tert-OH is 1. The van der Waals surface area contributed by atoms with E-state index in [1.54, 1.807) is 30.2 Å². The number of rotatable bonds is 5. The molecule has 3 aliphatic rings. The van der Waals surface area contributed by atoms with Crippen LogP contribution in [0.1, 0.15) is 44.1 Å². The highest BCUT2D eigenvalue weighted by Gasteiger charge is 2.57. The number of para-hydroxylation sites is 1. The molecule has 2 aromatic carbocycles. The molecule has 198 valence electrons. The van der Waals surface area contributed by atoms with Gasteiger partial charge in [-0.1, -0.05) is 25.1 Å². The van der Waals surface area contributed by atoms with Crippen molar-refractivity contribution in [3.8, 4) is 5.75 Å². The van der Waals surface area contributed by atoms with E-state index < -0.39 is 5.82 Å². The first-order valence-corrected chi connectivity index (χ1v) is 13.1. The fourth-order valence-electron chi connectivity index (χ4n) is 6.52. The smallest absolute Gasteiger partial charge is 0.321 e. The summed E-state index contributed by atoms with van der Waals surface area (Å²) in [6.45, 7) is 3.39. The lowest BCUT2D eigenvalue weighted by Crippen LogP contribution is -2.65. The van der Waals surface area contributed by atoms with Gasteiger partial charge in [-0.3, -0.25) is 4.79 Å². The largest absolute Gasteiger partial charge is 0.497 e. The maximum atomic E-state index is 14.1. The standard InChI is InChI=1S/C28H35FN4O4/c1-3-6-24(35)33-17-28(11-13-32(14-12-28)27(36)31-21-8-5-4-7-20(21)29)25-19-10-9-18(37-2)15-22(19)30-26(25)23(33)16-34/h4-5,7-10,15,23,25-26,30,34H,3,6,11-14,16-17H2,1-2H3,(H,31,36)/t23-,25?,26?/m0/s1. The number of carbonyl (C=O) groups excluding carboxylic acids is 2. The third-order valence-corrected chi connectivity index (χ3v) is 8.37. The molecule has 0 radical (unpaired) electrons. The molecular weight excluding hydrogens is 475 g/mol. The monoisotopic (exact) mass is 510 g/mol. The highest BCUT2D eigenvalue weighted by Crippen LogP contribution is 2.56. The molecule has 1 spiro atoms. The van der Waals surface area contributed by atoms with Gasteiger partial charge in [0.1, 0.15) is 11.6 Å². The summed E-state index contributed by atoms with van der Waals surface area (Å²) in [5.74, 6) is 0.407. The lowest BCUT2D eigenvalue weighted by molar-refractivity contribution is -0.143. The second kappa shape index (κ2) is 10.2. The minimum Gasteiger partial charge on any atom is -0.497 e. The molecule has 2 fully saturated rings. The Kier molecular flexibility index (Phi) is 6.98. The first-order chi connectivity index (χ1) is 17.9. The number of nitrogens with zero attached hydrogens (tertiary/aromatic N) is 2. The number of urea groups is 1. The zero-order chi connectivity index (χ0) is 26.2. The number of anilines is 2. The lowest BCUT2D eigenvalue weighted by atomic mass is 9.60. The Balaban J connectivity index is 1.43. The van der Waals surface area contributed by atoms with E-state index in [9.17, 15) is 19.1 Å². The van der Waals surface area contributed by atoms with Crippen LogP contribution in [0.2, 0.25) is 0 Å². The van der Waals surface area contributed by atoms with Crippen molar-refractivity contribution in [3.63, 3.8) is 0 Å². The SMILES string of the molecule is CCCC(=O)N1CC2(CCN(C(=O)Nc3ccccc3F)CC2)C2c3ccc(OC)cc3NC2[C@@H]1CO. The number of piperidine rings is 2. The zero-order valence-electron chi connectivity index (χ0n) is 21.4. The number of likely N-dealkylation sites (tertiary alicyclic amines) is 2. The fourth-order valence-corrected chi connectivity index (χ4v) is 6.52. The Morgan fingerprint density at radius 1 is 1.22 bits per heavy atom. The first-order valence-electron chi connectivity index (χ1n) is 13.1. The van der Waals surface area contributed by atoms with E-state index in [1.807, 2.05) is 24.0 Å². The van der Waals surface area contributed by atoms with Crippen LogP contribution in [0.5, 0.6) is 5.75 Å². The van der Waals surface area contributed by atoms with Crippen LogP contribution in [0.4, 0.5) is 20.6 Å². The average molecular weight is 511 g/mol. The summed E-state index contributed by atoms with van der Waals surface area (Å²) in [5.41, 5.74) is 2.03. The number of ether oxygens (including phenoxy) is 1. The molecule has 3 heterocycles. The van der Waals surface area contributed by atoms with E-state index in [2.05, 4.69) is 16.7 Å². The fraction of sp³-hybridized carbons (Fsp3) is 0.500. The predicted molar refractivity (Wildman–Crippen MR) is 139 cm³/mol. The van der Waals surface area contributed by atoms with Crippen molar-refractivity contribution in [1.29, 1.82) is 0 Å². The molecule has 9 heteroatoms. The van der Waals surface area contributed by atoms with Crippen LogP contribution in [-0.2, 0) is 4.79 Å². The average Bonchev–Trinajstić information content (AvgIpc) is 3.30. The van der Waals surface area contributed by atoms with Crippen LogP contribution in [0.15, 0.2) is 42.5 Å². The van der Waals surface area contributed by atoms with Crippen LogP contribution in [0.3, 0.4) is 0 Å². The van der Waals surface area contributed by atoms with E-state index in [0.29, 0.717) is 38.9 Å². The molecule has 0 saturated carbocycles. The van der Waals surface area contributed by atoms with Crippen LogP contribution in [0.25, 0.3) is 0 Å². The van der Waals surface area contributed by atoms with Gasteiger partial charge in [-0.15, -0.1) is 0 Å². The van der Waals surface area contributed by atoms with Crippen molar-refractivity contribution in [3.05, 3.63) is 53.8 Å². The Hall–Kier alpha value is -3.33. The van der Waals surface area contributed by atoms with Gasteiger partial charge < -0.3 is 30.3 Å². The minimum atomic E-state index is -0.469. The number of nitrogens with one attached hydrogen (secondary N) is 2. The molecule has 0 bridgehead atoms. The number of hydrogen-bond donors (Lipinski definition) is 3. The Morgan fingerprint density at radius 2 is 1.97 bits per heavy atom. The highest BCUT2D eigenvalue weighted by molar-refractivity contribution is 5.89. The number of fused-ring (bicyclic) bond motifs is 4. The molecular formula is C28H35FN4O4. The number of methoxy groups -OCH3 is 1. The zero-order valence-corrected chi connectivity index (χ0v) is 21.4. The maximum Gasteiger partial charge on any atom is 0.321 e. The summed E-state index contributed by atoms with van der Waals surface area (Å²) in [6.07, 6.45) is 2.56. The van der Waals surface area contributed by atoms with Crippen LogP contribution < -0.4 is 15.4 Å². The van der Waals surface area contributed by atoms with E-state index in [-0.39, 0.29) is 47.6 Å². The number of aliphatic hydroxyl groups is 1. The van der Waals surface area contributed by atoms with Crippen molar-refractivity contribution < 1.29 is 23.8 Å². The summed E-state index contributed by atoms with van der Waals surface area (Å²) in [4.78, 5) is 29.8. The van der Waals surface area contributed by atoms with Gasteiger partial charge in [0.25, 0.3) is 0 Å². The van der Waals surface area contributed by atoms with Crippen molar-refractivity contribution in [1.82, 2.24) is 9.80 Å². The van der Waals surface area contributed by atoms with Crippen molar-refractivity contribution in [2.45, 2.75) is 50.6 Å². The molecule has 5 rings (SSSR count). The topological polar surface area (TPSA) is 94.1 Å². The molecule has 3 N–H and O–H groups in total. The minimum absolute atomic E-state index is 0.0504. The van der Waals surface area contributed by atoms with E-state index in [1.165, 1.54) is 6.07 Å². The normalized spacial score (nSPS) is 23.7. The Morgan fingerprint density at radius 3 is 2.65 bits per heavy atom. The van der Waals surface area contributed by atoms with Crippen LogP contribution in [0, 0.1) is 11.2 Å². The van der Waals surface area contributed by atoms with Gasteiger partial charge in [0.05, 0.1) is 31.5 Å². The maximum absolute atomic E-state index is 14.1. The van der Waals surface area contributed by atoms with Crippen molar-refractivity contribution in [2.75, 3.05) is 44.0 Å². The lowest BCUT2D eigenvalue weighted by Gasteiger charge is -2.56. The summed E-state index contributed by atoms with van der Waals surface area (Å²) in [5, 5.41) is 16.7. The molecule has 3 atom stereocenters. The van der Waals surface area contributed by atoms with Gasteiger partial charge in [0.15, 0.2) is 0 Å². The van der Waals surface area contributed by atoms with Gasteiger partial charge in [-0.25, -0.2) is 9.18 Å². The number of benzene rings is 2. The molecule has 2 unspecified atom stereocenters. The predicted octanol–water partition coefficient (Wildman–Crippen LogP) is 4.03. The number of hydrogen-bond acceptors (Lipinski definition) is 5. The van der Waals surface area contributed by atoms with Gasteiger partial charge in [0.2, 0.25) is 5.91 Å². The second-order valence-corrected chi connectivity index (χ2v) is 10.4. The Labute approximate surface area is 216 Å². The molecule has 0 aromatic heterocycles. The van der Waals surface area contributed by atoms with Crippen molar-refractivity contribution >= 4 is 23.3 Å². The molecule has 3 aliphatic heterocycles. The van der Waals surface area contributed by atoms with E-state index >= 15 is 0 Å². The van der Waals surface area contributed by atoms with Crippen LogP contribution in [-0.4, -0.2) is 72.3 Å². The third kappa shape index (κ3) is 4.50. The quantitative estimate of drug-likeness (QED) is 0.565. The molecule has 2 aromatic rings.